The van der Waals surface area contributed by atoms with E-state index in [1.807, 2.05) is 0 Å². The number of nitrogens with two attached hydrogens (primary N) is 1. The summed E-state index contributed by atoms with van der Waals surface area (Å²) in [4.78, 5) is 3.87. The number of pyridine rings is 1. The summed E-state index contributed by atoms with van der Waals surface area (Å²) in [5.41, 5.74) is 6.95. The Morgan fingerprint density at radius 1 is 1.62 bits per heavy atom. The Balaban J connectivity index is 3.11. The lowest BCUT2D eigenvalue weighted by Gasteiger charge is -2.06. The van der Waals surface area contributed by atoms with Crippen molar-refractivity contribution in [1.29, 1.82) is 5.41 Å². The molecule has 1 aromatic heterocycles. The Kier molecular flexibility index (Phi) is 4.08. The van der Waals surface area contributed by atoms with Crippen molar-refractivity contribution in [2.75, 3.05) is 0 Å². The van der Waals surface area contributed by atoms with E-state index in [1.54, 1.807) is 25.3 Å². The van der Waals surface area contributed by atoms with E-state index >= 15 is 0 Å². The van der Waals surface area contributed by atoms with Crippen LogP contribution in [0.5, 0.6) is 0 Å². The minimum atomic E-state index is -0.139. The number of aliphatic hydroxyl groups is 1. The highest BCUT2D eigenvalue weighted by Crippen LogP contribution is 2.16. The minimum absolute atomic E-state index is 0.0697. The van der Waals surface area contributed by atoms with Gasteiger partial charge in [-0.15, -0.1) is 0 Å². The van der Waals surface area contributed by atoms with Crippen molar-refractivity contribution in [3.05, 3.63) is 47.4 Å². The molecule has 84 valence electrons. The molecule has 1 aromatic rings. The zero-order valence-electron chi connectivity index (χ0n) is 8.74. The fourth-order valence-electron chi connectivity index (χ4n) is 1.11. The molecule has 1 heterocycles. The lowest BCUT2D eigenvalue weighted by molar-refractivity contribution is 0.506. The van der Waals surface area contributed by atoms with E-state index in [0.717, 1.165) is 0 Å². The van der Waals surface area contributed by atoms with E-state index in [4.69, 9.17) is 22.7 Å². The minimum Gasteiger partial charge on any atom is -0.505 e. The van der Waals surface area contributed by atoms with Crippen molar-refractivity contribution in [3.63, 3.8) is 0 Å². The van der Waals surface area contributed by atoms with Crippen LogP contribution in [-0.2, 0) is 0 Å². The van der Waals surface area contributed by atoms with Crippen molar-refractivity contribution in [3.8, 4) is 0 Å². The van der Waals surface area contributed by atoms with Crippen LogP contribution in [0.1, 0.15) is 12.5 Å². The smallest absolute Gasteiger partial charge is 0.147 e. The van der Waals surface area contributed by atoms with Crippen LogP contribution in [0.15, 0.2) is 41.9 Å². The Bertz CT molecular complexity index is 452. The summed E-state index contributed by atoms with van der Waals surface area (Å²) >= 11 is 5.40. The summed E-state index contributed by atoms with van der Waals surface area (Å²) in [6.45, 7) is 1.67. The monoisotopic (exact) mass is 237 g/mol. The van der Waals surface area contributed by atoms with Crippen molar-refractivity contribution in [2.45, 2.75) is 6.92 Å². The molecule has 0 aliphatic heterocycles. The number of allylic oxidation sites excluding steroid dienone is 2. The van der Waals surface area contributed by atoms with Crippen LogP contribution >= 0.6 is 11.6 Å². The molecule has 5 heteroatoms. The molecule has 0 fully saturated rings. The van der Waals surface area contributed by atoms with Gasteiger partial charge >= 0.3 is 0 Å². The number of nitrogens with one attached hydrogen (secondary N) is 1. The zero-order valence-corrected chi connectivity index (χ0v) is 9.49. The molecule has 4 nitrogen and oxygen atoms in total. The van der Waals surface area contributed by atoms with Crippen molar-refractivity contribution < 1.29 is 5.11 Å². The zero-order chi connectivity index (χ0) is 12.1. The highest BCUT2D eigenvalue weighted by molar-refractivity contribution is 6.67. The number of nitrogens with zero attached hydrogens (tertiary/aromatic N) is 1. The molecule has 0 atom stereocenters. The molecule has 0 unspecified atom stereocenters. The molecule has 0 amide bonds. The van der Waals surface area contributed by atoms with Gasteiger partial charge in [-0.2, -0.15) is 0 Å². The van der Waals surface area contributed by atoms with Gasteiger partial charge in [0.1, 0.15) is 10.9 Å². The average Bonchev–Trinajstić information content (AvgIpc) is 2.27. The molecule has 0 spiro atoms. The first-order chi connectivity index (χ1) is 7.52. The third kappa shape index (κ3) is 3.10. The first-order valence-corrected chi connectivity index (χ1v) is 4.92. The summed E-state index contributed by atoms with van der Waals surface area (Å²) in [5.74, 6) is -0.0697. The quantitative estimate of drug-likeness (QED) is 0.429. The fourth-order valence-corrected chi connectivity index (χ4v) is 1.28. The number of rotatable bonds is 3. The van der Waals surface area contributed by atoms with Gasteiger partial charge in [-0.3, -0.25) is 10.4 Å². The van der Waals surface area contributed by atoms with Gasteiger partial charge in [0.25, 0.3) is 0 Å². The molecule has 0 bridgehead atoms. The molecule has 0 aliphatic rings. The summed E-state index contributed by atoms with van der Waals surface area (Å²) in [5, 5.41) is 16.8. The molecule has 1 rings (SSSR count). The van der Waals surface area contributed by atoms with Crippen LogP contribution in [0.25, 0.3) is 5.76 Å². The van der Waals surface area contributed by atoms with Crippen molar-refractivity contribution in [1.82, 2.24) is 4.98 Å². The van der Waals surface area contributed by atoms with E-state index in [9.17, 15) is 5.11 Å². The Labute approximate surface area is 98.6 Å². The standard InChI is InChI=1S/C11H12ClN3O/c1-7(5-9(12)13)10(14)11(16)8-3-2-4-15-6-8/h2-6,13,16H,14H2,1H3/b7-5-,11-10+,13-9?. The van der Waals surface area contributed by atoms with Gasteiger partial charge in [-0.25, -0.2) is 0 Å². The van der Waals surface area contributed by atoms with E-state index < -0.39 is 0 Å². The molecule has 0 saturated carbocycles. The van der Waals surface area contributed by atoms with Crippen LogP contribution in [0.2, 0.25) is 0 Å². The maximum absolute atomic E-state index is 9.83. The molecule has 0 radical (unpaired) electrons. The second kappa shape index (κ2) is 5.32. The average molecular weight is 238 g/mol. The SMILES string of the molecule is CC(=C/C(=N)Cl)/C(N)=C(\O)c1cccnc1. The molecule has 0 aromatic carbocycles. The van der Waals surface area contributed by atoms with Crippen LogP contribution in [-0.4, -0.2) is 15.3 Å². The number of hydrogen-bond acceptors (Lipinski definition) is 4. The summed E-state index contributed by atoms with van der Waals surface area (Å²) in [6, 6.07) is 3.38. The lowest BCUT2D eigenvalue weighted by Crippen LogP contribution is -2.04. The molecular weight excluding hydrogens is 226 g/mol. The summed E-state index contributed by atoms with van der Waals surface area (Å²) in [6.07, 6.45) is 4.47. The van der Waals surface area contributed by atoms with Crippen LogP contribution in [0.4, 0.5) is 0 Å². The molecular formula is C11H12ClN3O. The van der Waals surface area contributed by atoms with Gasteiger partial charge in [-0.1, -0.05) is 11.6 Å². The van der Waals surface area contributed by atoms with Gasteiger partial charge in [0.2, 0.25) is 0 Å². The lowest BCUT2D eigenvalue weighted by atomic mass is 10.1. The van der Waals surface area contributed by atoms with E-state index in [0.29, 0.717) is 11.1 Å². The number of halogens is 1. The van der Waals surface area contributed by atoms with Gasteiger partial charge in [-0.05, 0) is 30.7 Å². The predicted molar refractivity (Wildman–Crippen MR) is 65.3 cm³/mol. The van der Waals surface area contributed by atoms with Gasteiger partial charge in [0.05, 0.1) is 5.70 Å². The van der Waals surface area contributed by atoms with E-state index in [2.05, 4.69) is 4.98 Å². The van der Waals surface area contributed by atoms with Crippen molar-refractivity contribution in [2.24, 2.45) is 5.73 Å². The summed E-state index contributed by atoms with van der Waals surface area (Å²) in [7, 11) is 0. The van der Waals surface area contributed by atoms with Crippen LogP contribution in [0, 0.1) is 5.41 Å². The molecule has 16 heavy (non-hydrogen) atoms. The number of aromatic nitrogens is 1. The highest BCUT2D eigenvalue weighted by atomic mass is 35.5. The Hall–Kier alpha value is -1.81. The molecule has 0 aliphatic carbocycles. The normalized spacial score (nSPS) is 13.2. The topological polar surface area (TPSA) is 83.0 Å². The van der Waals surface area contributed by atoms with Crippen LogP contribution in [0.3, 0.4) is 0 Å². The maximum Gasteiger partial charge on any atom is 0.147 e. The predicted octanol–water partition coefficient (Wildman–Crippen LogP) is 2.43. The van der Waals surface area contributed by atoms with E-state index in [1.165, 1.54) is 12.3 Å². The van der Waals surface area contributed by atoms with Crippen LogP contribution < -0.4 is 5.73 Å². The fraction of sp³-hybridized carbons (Fsp3) is 0.0909. The maximum atomic E-state index is 9.83. The largest absolute Gasteiger partial charge is 0.505 e. The Morgan fingerprint density at radius 3 is 2.81 bits per heavy atom. The summed E-state index contributed by atoms with van der Waals surface area (Å²) < 4.78 is 0. The molecule has 4 N–H and O–H groups in total. The highest BCUT2D eigenvalue weighted by Gasteiger charge is 2.06. The van der Waals surface area contributed by atoms with Gasteiger partial charge in [0, 0.05) is 18.0 Å². The Morgan fingerprint density at radius 2 is 2.31 bits per heavy atom. The third-order valence-electron chi connectivity index (χ3n) is 1.96. The second-order valence-corrected chi connectivity index (χ2v) is 3.59. The van der Waals surface area contributed by atoms with Gasteiger partial charge < -0.3 is 10.8 Å². The van der Waals surface area contributed by atoms with Crippen molar-refractivity contribution >= 4 is 22.5 Å². The first-order valence-electron chi connectivity index (χ1n) is 4.54. The number of aliphatic hydroxyl groups excluding tert-OH is 1. The van der Waals surface area contributed by atoms with Gasteiger partial charge in [0.15, 0.2) is 0 Å². The second-order valence-electron chi connectivity index (χ2n) is 3.18. The first kappa shape index (κ1) is 12.3. The molecule has 0 saturated heterocycles. The third-order valence-corrected chi connectivity index (χ3v) is 2.07. The number of hydrogen-bond donors (Lipinski definition) is 3. The van der Waals surface area contributed by atoms with E-state index in [-0.39, 0.29) is 16.6 Å².